The zero-order chi connectivity index (χ0) is 22.8. The highest BCUT2D eigenvalue weighted by Crippen LogP contribution is 2.39. The number of aromatic amines is 1. The summed E-state index contributed by atoms with van der Waals surface area (Å²) in [6.45, 7) is 0. The van der Waals surface area contributed by atoms with E-state index in [4.69, 9.17) is 0 Å². The molecule has 0 atom stereocenters. The van der Waals surface area contributed by atoms with Gasteiger partial charge in [0.05, 0.1) is 27.9 Å². The Balaban J connectivity index is 1.55. The zero-order valence-corrected chi connectivity index (χ0v) is 18.5. The number of para-hydroxylation sites is 2. The predicted molar refractivity (Wildman–Crippen MR) is 135 cm³/mol. The first kappa shape index (κ1) is 19.0. The second-order valence-corrected chi connectivity index (χ2v) is 9.11. The predicted octanol–water partition coefficient (Wildman–Crippen LogP) is 5.29. The molecule has 2 amide bonds. The zero-order valence-electron chi connectivity index (χ0n) is 17.7. The highest BCUT2D eigenvalue weighted by atomic mass is 32.1. The summed E-state index contributed by atoms with van der Waals surface area (Å²) >= 11 is 1.68. The fourth-order valence-corrected chi connectivity index (χ4v) is 5.76. The molecule has 3 aromatic carbocycles. The number of H-pyrrole nitrogens is 1. The number of rotatable bonds is 3. The summed E-state index contributed by atoms with van der Waals surface area (Å²) in [7, 11) is 0. The molecule has 7 rings (SSSR count). The van der Waals surface area contributed by atoms with Crippen molar-refractivity contribution in [3.63, 3.8) is 0 Å². The minimum Gasteiger partial charge on any atom is -0.314 e. The fraction of sp³-hybridized carbons (Fsp3) is 0. The van der Waals surface area contributed by atoms with E-state index in [0.717, 1.165) is 32.9 Å². The average Bonchev–Trinajstić information content (AvgIpc) is 3.62. The number of benzene rings is 3. The Hall–Kier alpha value is -4.49. The van der Waals surface area contributed by atoms with Gasteiger partial charge in [-0.05, 0) is 18.2 Å². The highest BCUT2D eigenvalue weighted by molar-refractivity contribution is 7.17. The molecule has 6 aromatic rings. The van der Waals surface area contributed by atoms with Crippen molar-refractivity contribution < 1.29 is 9.59 Å². The fourth-order valence-electron chi connectivity index (χ4n) is 4.82. The number of imide groups is 1. The van der Waals surface area contributed by atoms with Crippen molar-refractivity contribution in [1.82, 2.24) is 20.1 Å². The number of carbonyl (C=O) groups is 2. The third-order valence-electron chi connectivity index (χ3n) is 6.34. The average molecular weight is 461 g/mol. The summed E-state index contributed by atoms with van der Waals surface area (Å²) in [5.74, 6) is -0.847. The molecule has 162 valence electrons. The van der Waals surface area contributed by atoms with Crippen LogP contribution >= 0.6 is 11.3 Å². The number of amides is 2. The number of fused-ring (bicyclic) bond motifs is 3. The molecule has 0 radical (unpaired) electrons. The first-order valence-corrected chi connectivity index (χ1v) is 11.7. The highest BCUT2D eigenvalue weighted by Gasteiger charge is 2.36. The van der Waals surface area contributed by atoms with E-state index in [1.807, 2.05) is 66.9 Å². The van der Waals surface area contributed by atoms with Crippen LogP contribution in [0.1, 0.15) is 11.3 Å². The molecule has 0 aliphatic carbocycles. The lowest BCUT2D eigenvalue weighted by molar-refractivity contribution is -0.122. The smallest absolute Gasteiger partial charge is 0.261 e. The Morgan fingerprint density at radius 1 is 0.765 bits per heavy atom. The number of thiophene rings is 1. The maximum atomic E-state index is 13.1. The molecule has 3 aromatic heterocycles. The Labute approximate surface area is 197 Å². The van der Waals surface area contributed by atoms with Crippen molar-refractivity contribution >= 4 is 66.2 Å². The van der Waals surface area contributed by atoms with Gasteiger partial charge in [-0.15, -0.1) is 11.3 Å². The maximum absolute atomic E-state index is 13.1. The van der Waals surface area contributed by atoms with Crippen molar-refractivity contribution in [3.05, 3.63) is 95.6 Å². The number of nitrogens with zero attached hydrogens (tertiary/aromatic N) is 2. The number of hydrogen-bond acceptors (Lipinski definition) is 4. The first-order chi connectivity index (χ1) is 16.7. The third kappa shape index (κ3) is 2.58. The summed E-state index contributed by atoms with van der Waals surface area (Å²) in [6, 6.07) is 23.8. The van der Waals surface area contributed by atoms with Gasteiger partial charge in [-0.2, -0.15) is 5.10 Å². The SMILES string of the molecule is O=C1NC(=O)C(c2cn(-c3csc4ccccc34)c3ccccc23)=C1c1n[nH]c2ccccc12. The van der Waals surface area contributed by atoms with Crippen LogP contribution in [0.5, 0.6) is 0 Å². The van der Waals surface area contributed by atoms with E-state index in [0.29, 0.717) is 22.4 Å². The largest absolute Gasteiger partial charge is 0.314 e. The van der Waals surface area contributed by atoms with Crippen LogP contribution in [-0.4, -0.2) is 26.6 Å². The van der Waals surface area contributed by atoms with Gasteiger partial charge in [0, 0.05) is 38.0 Å². The van der Waals surface area contributed by atoms with Crippen molar-refractivity contribution in [2.75, 3.05) is 0 Å². The molecular formula is C27H16N4O2S. The van der Waals surface area contributed by atoms with Gasteiger partial charge in [-0.3, -0.25) is 20.0 Å². The summed E-state index contributed by atoms with van der Waals surface area (Å²) in [5, 5.41) is 14.8. The van der Waals surface area contributed by atoms with Crippen molar-refractivity contribution in [1.29, 1.82) is 0 Å². The molecular weight excluding hydrogens is 444 g/mol. The number of hydrogen-bond donors (Lipinski definition) is 2. The number of aromatic nitrogens is 3. The summed E-state index contributed by atoms with van der Waals surface area (Å²) < 4.78 is 3.29. The standard InChI is InChI=1S/C27H16N4O2S/c32-26-23(24(27(33)28-26)25-16-8-1-4-10-19(16)29-30-25)18-13-31(20-11-5-2-7-15(18)20)21-14-34-22-12-6-3-9-17(21)22/h1-14H,(H,29,30)(H,28,32,33). The van der Waals surface area contributed by atoms with Crippen LogP contribution in [0.3, 0.4) is 0 Å². The Bertz CT molecular complexity index is 1840. The van der Waals surface area contributed by atoms with E-state index in [1.165, 1.54) is 4.70 Å². The van der Waals surface area contributed by atoms with Crippen LogP contribution in [0.2, 0.25) is 0 Å². The lowest BCUT2D eigenvalue weighted by atomic mass is 9.97. The van der Waals surface area contributed by atoms with E-state index >= 15 is 0 Å². The van der Waals surface area contributed by atoms with Gasteiger partial charge in [0.2, 0.25) is 0 Å². The van der Waals surface area contributed by atoms with E-state index in [2.05, 4.69) is 37.6 Å². The number of carbonyl (C=O) groups excluding carboxylic acids is 2. The quantitative estimate of drug-likeness (QED) is 0.352. The van der Waals surface area contributed by atoms with Gasteiger partial charge in [0.25, 0.3) is 11.8 Å². The van der Waals surface area contributed by atoms with Gasteiger partial charge in [0.1, 0.15) is 5.69 Å². The lowest BCUT2D eigenvalue weighted by Gasteiger charge is -2.03. The molecule has 4 heterocycles. The first-order valence-electron chi connectivity index (χ1n) is 10.8. The molecule has 1 aliphatic heterocycles. The van der Waals surface area contributed by atoms with Crippen LogP contribution < -0.4 is 5.32 Å². The van der Waals surface area contributed by atoms with Gasteiger partial charge < -0.3 is 4.57 Å². The Morgan fingerprint density at radius 3 is 2.35 bits per heavy atom. The van der Waals surface area contributed by atoms with Crippen molar-refractivity contribution in [2.24, 2.45) is 0 Å². The molecule has 7 heteroatoms. The molecule has 1 aliphatic rings. The lowest BCUT2D eigenvalue weighted by Crippen LogP contribution is -2.22. The molecule has 6 nitrogen and oxygen atoms in total. The van der Waals surface area contributed by atoms with Crippen molar-refractivity contribution in [3.8, 4) is 5.69 Å². The van der Waals surface area contributed by atoms with E-state index in [1.54, 1.807) is 11.3 Å². The monoisotopic (exact) mass is 460 g/mol. The molecule has 0 unspecified atom stereocenters. The Kier molecular flexibility index (Phi) is 3.92. The van der Waals surface area contributed by atoms with Gasteiger partial charge >= 0.3 is 0 Å². The summed E-state index contributed by atoms with van der Waals surface area (Å²) in [5.41, 5.74) is 4.64. The van der Waals surface area contributed by atoms with Gasteiger partial charge in [-0.25, -0.2) is 0 Å². The summed E-state index contributed by atoms with van der Waals surface area (Å²) in [4.78, 5) is 26.2. The minimum absolute atomic E-state index is 0.292. The van der Waals surface area contributed by atoms with Crippen molar-refractivity contribution in [2.45, 2.75) is 0 Å². The van der Waals surface area contributed by atoms with Crippen LogP contribution in [0.25, 0.3) is 48.7 Å². The van der Waals surface area contributed by atoms with Crippen LogP contribution in [0.15, 0.2) is 84.4 Å². The molecule has 0 spiro atoms. The normalized spacial score (nSPS) is 14.1. The van der Waals surface area contributed by atoms with Crippen LogP contribution in [-0.2, 0) is 9.59 Å². The molecule has 34 heavy (non-hydrogen) atoms. The molecule has 0 saturated heterocycles. The van der Waals surface area contributed by atoms with E-state index < -0.39 is 11.8 Å². The second kappa shape index (κ2) is 7.00. The third-order valence-corrected chi connectivity index (χ3v) is 7.29. The molecule has 0 bridgehead atoms. The van der Waals surface area contributed by atoms with E-state index in [-0.39, 0.29) is 0 Å². The maximum Gasteiger partial charge on any atom is 0.261 e. The molecule has 0 saturated carbocycles. The Morgan fingerprint density at radius 2 is 1.47 bits per heavy atom. The van der Waals surface area contributed by atoms with Gasteiger partial charge in [0.15, 0.2) is 0 Å². The summed E-state index contributed by atoms with van der Waals surface area (Å²) in [6.07, 6.45) is 1.96. The van der Waals surface area contributed by atoms with Crippen LogP contribution in [0.4, 0.5) is 0 Å². The van der Waals surface area contributed by atoms with Crippen LogP contribution in [0, 0.1) is 0 Å². The minimum atomic E-state index is -0.435. The number of nitrogens with one attached hydrogen (secondary N) is 2. The van der Waals surface area contributed by atoms with E-state index in [9.17, 15) is 9.59 Å². The van der Waals surface area contributed by atoms with Gasteiger partial charge in [-0.1, -0.05) is 54.6 Å². The topological polar surface area (TPSA) is 79.8 Å². The molecule has 0 fully saturated rings. The second-order valence-electron chi connectivity index (χ2n) is 8.20. The molecule has 2 N–H and O–H groups in total.